The van der Waals surface area contributed by atoms with Crippen molar-refractivity contribution in [2.75, 3.05) is 13.7 Å². The van der Waals surface area contributed by atoms with E-state index in [4.69, 9.17) is 4.74 Å². The molecule has 0 radical (unpaired) electrons. The molecule has 1 aliphatic rings. The Morgan fingerprint density at radius 1 is 1.14 bits per heavy atom. The molecule has 1 atom stereocenters. The molecule has 2 aromatic rings. The van der Waals surface area contributed by atoms with Gasteiger partial charge in [-0.15, -0.1) is 0 Å². The molecule has 22 heavy (non-hydrogen) atoms. The summed E-state index contributed by atoms with van der Waals surface area (Å²) in [4.78, 5) is 0. The lowest BCUT2D eigenvalue weighted by atomic mass is 9.89. The van der Waals surface area contributed by atoms with Crippen molar-refractivity contribution < 1.29 is 20.1 Å². The van der Waals surface area contributed by atoms with Crippen molar-refractivity contribution >= 4 is 22.6 Å². The van der Waals surface area contributed by atoms with Crippen molar-refractivity contribution in [2.45, 2.75) is 12.5 Å². The number of phenolic OH excluding ortho intramolecular Hbond substituents is 3. The fourth-order valence-corrected chi connectivity index (χ4v) is 3.42. The van der Waals surface area contributed by atoms with Gasteiger partial charge in [-0.25, -0.2) is 0 Å². The Hall–Kier alpha value is -1.67. The lowest BCUT2D eigenvalue weighted by molar-refractivity contribution is 0.370. The van der Waals surface area contributed by atoms with Gasteiger partial charge in [-0.3, -0.25) is 0 Å². The summed E-state index contributed by atoms with van der Waals surface area (Å²) in [6.07, 6.45) is 0.784. The zero-order valence-electron chi connectivity index (χ0n) is 11.9. The van der Waals surface area contributed by atoms with Gasteiger partial charge in [0.05, 0.1) is 16.7 Å². The molecule has 5 nitrogen and oxygen atoms in total. The van der Waals surface area contributed by atoms with Gasteiger partial charge in [0.1, 0.15) is 0 Å². The van der Waals surface area contributed by atoms with Gasteiger partial charge in [0.15, 0.2) is 23.0 Å². The first-order chi connectivity index (χ1) is 10.5. The number of hydrogen-bond donors (Lipinski definition) is 4. The van der Waals surface area contributed by atoms with E-state index in [-0.39, 0.29) is 23.3 Å². The van der Waals surface area contributed by atoms with Crippen LogP contribution in [0, 0.1) is 3.57 Å². The number of halogens is 1. The molecule has 0 amide bonds. The summed E-state index contributed by atoms with van der Waals surface area (Å²) in [5, 5.41) is 32.8. The van der Waals surface area contributed by atoms with Gasteiger partial charge in [-0.2, -0.15) is 0 Å². The Bertz CT molecular complexity index is 733. The molecular formula is C16H16INO4. The van der Waals surface area contributed by atoms with Crippen LogP contribution in [0.5, 0.6) is 23.0 Å². The number of nitrogens with one attached hydrogen (secondary N) is 1. The minimum Gasteiger partial charge on any atom is -0.504 e. The predicted molar refractivity (Wildman–Crippen MR) is 90.7 cm³/mol. The molecular weight excluding hydrogens is 397 g/mol. The van der Waals surface area contributed by atoms with Gasteiger partial charge in [-0.1, -0.05) is 0 Å². The van der Waals surface area contributed by atoms with E-state index in [1.165, 1.54) is 7.11 Å². The third kappa shape index (κ3) is 2.56. The smallest absolute Gasteiger partial charge is 0.171 e. The lowest BCUT2D eigenvalue weighted by Gasteiger charge is -2.28. The van der Waals surface area contributed by atoms with E-state index >= 15 is 0 Å². The highest BCUT2D eigenvalue weighted by molar-refractivity contribution is 14.1. The third-order valence-corrected chi connectivity index (χ3v) is 4.72. The Balaban J connectivity index is 2.12. The van der Waals surface area contributed by atoms with E-state index in [2.05, 4.69) is 27.9 Å². The molecule has 0 spiro atoms. The van der Waals surface area contributed by atoms with Crippen LogP contribution in [0.4, 0.5) is 0 Å². The zero-order valence-corrected chi connectivity index (χ0v) is 14.1. The van der Waals surface area contributed by atoms with E-state index in [0.29, 0.717) is 9.32 Å². The average Bonchev–Trinajstić information content (AvgIpc) is 2.50. The van der Waals surface area contributed by atoms with Crippen molar-refractivity contribution in [2.24, 2.45) is 0 Å². The van der Waals surface area contributed by atoms with Gasteiger partial charge in [0.2, 0.25) is 0 Å². The second kappa shape index (κ2) is 5.85. The van der Waals surface area contributed by atoms with Gasteiger partial charge < -0.3 is 25.4 Å². The Morgan fingerprint density at radius 3 is 2.59 bits per heavy atom. The number of methoxy groups -OCH3 is 1. The Morgan fingerprint density at radius 2 is 1.86 bits per heavy atom. The number of phenols is 3. The zero-order chi connectivity index (χ0) is 15.9. The second-order valence-electron chi connectivity index (χ2n) is 5.23. The molecule has 116 valence electrons. The minimum absolute atomic E-state index is 0.0998. The second-order valence-corrected chi connectivity index (χ2v) is 6.39. The summed E-state index contributed by atoms with van der Waals surface area (Å²) in [6.45, 7) is 0.766. The summed E-state index contributed by atoms with van der Waals surface area (Å²) in [6, 6.07) is 6.75. The first-order valence-corrected chi connectivity index (χ1v) is 7.93. The molecule has 0 aromatic heterocycles. The van der Waals surface area contributed by atoms with Crippen LogP contribution in [0.15, 0.2) is 24.3 Å². The molecule has 1 aliphatic heterocycles. The molecule has 4 N–H and O–H groups in total. The monoisotopic (exact) mass is 413 g/mol. The van der Waals surface area contributed by atoms with Crippen molar-refractivity contribution in [3.63, 3.8) is 0 Å². The average molecular weight is 413 g/mol. The standard InChI is InChI=1S/C16H16INO4/c1-22-14-6-9(4-11(17)16(14)21)15-10-7-13(20)12(19)5-8(10)2-3-18-15/h4-7,15,18-21H,2-3H2,1H3/t15-/m1/s1. The lowest BCUT2D eigenvalue weighted by Crippen LogP contribution is -2.30. The molecule has 2 aromatic carbocycles. The van der Waals surface area contributed by atoms with Gasteiger partial charge in [-0.05, 0) is 70.0 Å². The highest BCUT2D eigenvalue weighted by Gasteiger charge is 2.24. The van der Waals surface area contributed by atoms with Gasteiger partial charge >= 0.3 is 0 Å². The maximum absolute atomic E-state index is 9.97. The maximum atomic E-state index is 9.97. The topological polar surface area (TPSA) is 82.0 Å². The number of rotatable bonds is 2. The van der Waals surface area contributed by atoms with Gasteiger partial charge in [0, 0.05) is 6.54 Å². The van der Waals surface area contributed by atoms with E-state index < -0.39 is 0 Å². The highest BCUT2D eigenvalue weighted by Crippen LogP contribution is 2.40. The summed E-state index contributed by atoms with van der Waals surface area (Å²) in [7, 11) is 1.51. The van der Waals surface area contributed by atoms with E-state index in [1.54, 1.807) is 18.2 Å². The van der Waals surface area contributed by atoms with Crippen LogP contribution in [0.25, 0.3) is 0 Å². The molecule has 0 saturated carbocycles. The van der Waals surface area contributed by atoms with E-state index in [0.717, 1.165) is 29.7 Å². The van der Waals surface area contributed by atoms with E-state index in [9.17, 15) is 15.3 Å². The molecule has 6 heteroatoms. The van der Waals surface area contributed by atoms with Gasteiger partial charge in [0.25, 0.3) is 0 Å². The maximum Gasteiger partial charge on any atom is 0.171 e. The molecule has 0 saturated heterocycles. The van der Waals surface area contributed by atoms with Crippen molar-refractivity contribution in [1.29, 1.82) is 0 Å². The minimum atomic E-state index is -0.132. The largest absolute Gasteiger partial charge is 0.504 e. The molecule has 0 fully saturated rings. The van der Waals surface area contributed by atoms with Crippen molar-refractivity contribution in [1.82, 2.24) is 5.32 Å². The normalized spacial score (nSPS) is 17.1. The number of ether oxygens (including phenoxy) is 1. The molecule has 0 unspecified atom stereocenters. The van der Waals surface area contributed by atoms with Crippen LogP contribution in [0.3, 0.4) is 0 Å². The van der Waals surface area contributed by atoms with Crippen LogP contribution in [-0.2, 0) is 6.42 Å². The predicted octanol–water partition coefficient (Wildman–Crippen LogP) is 2.65. The number of hydrogen-bond acceptors (Lipinski definition) is 5. The Kier molecular flexibility index (Phi) is 4.05. The van der Waals surface area contributed by atoms with Crippen molar-refractivity contribution in [3.8, 4) is 23.0 Å². The number of benzene rings is 2. The van der Waals surface area contributed by atoms with Crippen LogP contribution < -0.4 is 10.1 Å². The molecule has 3 rings (SSSR count). The summed E-state index contributed by atoms with van der Waals surface area (Å²) in [5.41, 5.74) is 2.86. The highest BCUT2D eigenvalue weighted by atomic mass is 127. The first-order valence-electron chi connectivity index (χ1n) is 6.85. The molecule has 0 aliphatic carbocycles. The number of aromatic hydroxyl groups is 3. The van der Waals surface area contributed by atoms with Crippen molar-refractivity contribution in [3.05, 3.63) is 44.5 Å². The summed E-state index contributed by atoms with van der Waals surface area (Å²) < 4.78 is 5.91. The quantitative estimate of drug-likeness (QED) is 0.450. The van der Waals surface area contributed by atoms with E-state index in [1.807, 2.05) is 6.07 Å². The summed E-state index contributed by atoms with van der Waals surface area (Å²) >= 11 is 2.06. The fourth-order valence-electron chi connectivity index (χ4n) is 2.80. The molecule has 1 heterocycles. The SMILES string of the molecule is COc1cc([C@H]2NCCc3cc(O)c(O)cc32)cc(I)c1O. The summed E-state index contributed by atoms with van der Waals surface area (Å²) in [5.74, 6) is 0.306. The van der Waals surface area contributed by atoms with Crippen LogP contribution in [0.2, 0.25) is 0 Å². The Labute approximate surface area is 141 Å². The molecule has 0 bridgehead atoms. The van der Waals surface area contributed by atoms with Crippen LogP contribution in [0.1, 0.15) is 22.7 Å². The van der Waals surface area contributed by atoms with Crippen LogP contribution in [-0.4, -0.2) is 29.0 Å². The van der Waals surface area contributed by atoms with Crippen LogP contribution >= 0.6 is 22.6 Å². The number of fused-ring (bicyclic) bond motifs is 1. The first kappa shape index (κ1) is 15.2. The fraction of sp³-hybridized carbons (Fsp3) is 0.250. The third-order valence-electron chi connectivity index (χ3n) is 3.89.